The molecule has 0 fully saturated rings. The SMILES string of the molecule is Cc1ccccc1-n1nccc1NC(=O)NCC(C)(O)C(=O)O. The average Bonchev–Trinajstić information content (AvgIpc) is 2.93. The first kappa shape index (κ1) is 16.5. The van der Waals surface area contributed by atoms with Crippen molar-refractivity contribution in [2.24, 2.45) is 0 Å². The summed E-state index contributed by atoms with van der Waals surface area (Å²) in [6.07, 6.45) is 1.54. The van der Waals surface area contributed by atoms with Crippen molar-refractivity contribution in [3.05, 3.63) is 42.1 Å². The molecule has 0 saturated carbocycles. The van der Waals surface area contributed by atoms with Crippen LogP contribution in [0.3, 0.4) is 0 Å². The maximum absolute atomic E-state index is 11.9. The van der Waals surface area contributed by atoms with Crippen LogP contribution in [0.2, 0.25) is 0 Å². The molecule has 1 aromatic heterocycles. The number of carboxylic acids is 1. The van der Waals surface area contributed by atoms with Gasteiger partial charge in [-0.25, -0.2) is 14.3 Å². The van der Waals surface area contributed by atoms with Gasteiger partial charge in [0.15, 0.2) is 5.60 Å². The quantitative estimate of drug-likeness (QED) is 0.659. The minimum absolute atomic E-state index is 0.423. The maximum Gasteiger partial charge on any atom is 0.337 e. The van der Waals surface area contributed by atoms with E-state index in [4.69, 9.17) is 5.11 Å². The zero-order chi connectivity index (χ0) is 17.0. The normalized spacial score (nSPS) is 13.2. The number of aliphatic carboxylic acids is 1. The molecule has 8 nitrogen and oxygen atoms in total. The number of anilines is 1. The standard InChI is InChI=1S/C15H18N4O4/c1-10-5-3-4-6-11(10)19-12(7-8-17-19)18-14(22)16-9-15(2,23)13(20)21/h3-8,23H,9H2,1-2H3,(H,20,21)(H2,16,18,22). The zero-order valence-electron chi connectivity index (χ0n) is 12.8. The van der Waals surface area contributed by atoms with E-state index >= 15 is 0 Å². The Labute approximate surface area is 132 Å². The van der Waals surface area contributed by atoms with Crippen molar-refractivity contribution < 1.29 is 19.8 Å². The molecule has 2 aromatic rings. The highest BCUT2D eigenvalue weighted by Crippen LogP contribution is 2.18. The molecule has 0 aliphatic carbocycles. The average molecular weight is 318 g/mol. The maximum atomic E-state index is 11.9. The number of hydrogen-bond acceptors (Lipinski definition) is 4. The molecule has 0 aliphatic heterocycles. The van der Waals surface area contributed by atoms with E-state index in [2.05, 4.69) is 15.7 Å². The first-order chi connectivity index (χ1) is 10.8. The number of aromatic nitrogens is 2. The van der Waals surface area contributed by atoms with E-state index in [0.717, 1.165) is 18.2 Å². The molecule has 0 bridgehead atoms. The van der Waals surface area contributed by atoms with E-state index in [1.54, 1.807) is 10.7 Å². The number of rotatable bonds is 5. The topological polar surface area (TPSA) is 116 Å². The lowest BCUT2D eigenvalue weighted by atomic mass is 10.1. The van der Waals surface area contributed by atoms with Gasteiger partial charge in [-0.2, -0.15) is 5.10 Å². The number of nitrogens with zero attached hydrogens (tertiary/aromatic N) is 2. The Morgan fingerprint density at radius 2 is 2.00 bits per heavy atom. The Morgan fingerprint density at radius 3 is 2.65 bits per heavy atom. The largest absolute Gasteiger partial charge is 0.479 e. The second kappa shape index (κ2) is 6.49. The van der Waals surface area contributed by atoms with Gasteiger partial charge in [0.2, 0.25) is 0 Å². The molecule has 1 unspecified atom stereocenters. The van der Waals surface area contributed by atoms with Gasteiger partial charge in [-0.1, -0.05) is 18.2 Å². The van der Waals surface area contributed by atoms with Crippen LogP contribution in [0.1, 0.15) is 12.5 Å². The molecular weight excluding hydrogens is 300 g/mol. The van der Waals surface area contributed by atoms with E-state index in [1.165, 1.54) is 6.20 Å². The number of carbonyl (C=O) groups excluding carboxylic acids is 1. The van der Waals surface area contributed by atoms with Crippen LogP contribution in [0, 0.1) is 6.92 Å². The first-order valence-corrected chi connectivity index (χ1v) is 6.92. The van der Waals surface area contributed by atoms with E-state index in [-0.39, 0.29) is 0 Å². The summed E-state index contributed by atoms with van der Waals surface area (Å²) in [7, 11) is 0. The van der Waals surface area contributed by atoms with E-state index < -0.39 is 24.1 Å². The molecular formula is C15H18N4O4. The highest BCUT2D eigenvalue weighted by molar-refractivity contribution is 5.89. The number of carboxylic acid groups (broad SMARTS) is 1. The summed E-state index contributed by atoms with van der Waals surface area (Å²) in [6, 6.07) is 8.52. The minimum atomic E-state index is -2.03. The zero-order valence-corrected chi connectivity index (χ0v) is 12.8. The number of urea groups is 1. The van der Waals surface area contributed by atoms with Crippen LogP contribution in [0.4, 0.5) is 10.6 Å². The van der Waals surface area contributed by atoms with Crippen molar-refractivity contribution in [2.75, 3.05) is 11.9 Å². The third-order valence-electron chi connectivity index (χ3n) is 3.28. The van der Waals surface area contributed by atoms with Crippen LogP contribution in [0.5, 0.6) is 0 Å². The Balaban J connectivity index is 2.08. The molecule has 1 atom stereocenters. The molecule has 23 heavy (non-hydrogen) atoms. The molecule has 0 saturated heterocycles. The summed E-state index contributed by atoms with van der Waals surface area (Å²) in [5, 5.41) is 27.4. The number of nitrogens with one attached hydrogen (secondary N) is 2. The summed E-state index contributed by atoms with van der Waals surface area (Å²) in [5.74, 6) is -0.991. The Hall–Kier alpha value is -2.87. The second-order valence-corrected chi connectivity index (χ2v) is 5.30. The highest BCUT2D eigenvalue weighted by Gasteiger charge is 2.30. The van der Waals surface area contributed by atoms with Gasteiger partial charge in [0, 0.05) is 6.07 Å². The van der Waals surface area contributed by atoms with Crippen molar-refractivity contribution in [1.29, 1.82) is 0 Å². The van der Waals surface area contributed by atoms with Crippen LogP contribution >= 0.6 is 0 Å². The summed E-state index contributed by atoms with van der Waals surface area (Å²) in [6.45, 7) is 2.60. The van der Waals surface area contributed by atoms with Crippen LogP contribution in [0.15, 0.2) is 36.5 Å². The summed E-state index contributed by atoms with van der Waals surface area (Å²) < 4.78 is 1.56. The predicted molar refractivity (Wildman–Crippen MR) is 83.6 cm³/mol. The number of aliphatic hydroxyl groups is 1. The fourth-order valence-corrected chi connectivity index (χ4v) is 1.88. The van der Waals surface area contributed by atoms with Crippen molar-refractivity contribution >= 4 is 17.8 Å². The van der Waals surface area contributed by atoms with Crippen molar-refractivity contribution in [2.45, 2.75) is 19.4 Å². The van der Waals surface area contributed by atoms with Crippen LogP contribution in [0.25, 0.3) is 5.69 Å². The van der Waals surface area contributed by atoms with Gasteiger partial charge in [0.05, 0.1) is 18.4 Å². The Kier molecular flexibility index (Phi) is 4.65. The van der Waals surface area contributed by atoms with Crippen molar-refractivity contribution in [3.8, 4) is 5.69 Å². The molecule has 0 aliphatic rings. The second-order valence-electron chi connectivity index (χ2n) is 5.30. The number of para-hydroxylation sites is 1. The van der Waals surface area contributed by atoms with Crippen LogP contribution in [-0.4, -0.2) is 44.1 Å². The van der Waals surface area contributed by atoms with Crippen molar-refractivity contribution in [1.82, 2.24) is 15.1 Å². The number of benzene rings is 1. The molecule has 122 valence electrons. The lowest BCUT2D eigenvalue weighted by Crippen LogP contribution is -2.47. The lowest BCUT2D eigenvalue weighted by molar-refractivity contribution is -0.155. The van der Waals surface area contributed by atoms with Crippen molar-refractivity contribution in [3.63, 3.8) is 0 Å². The fraction of sp³-hybridized carbons (Fsp3) is 0.267. The highest BCUT2D eigenvalue weighted by atomic mass is 16.4. The number of hydrogen-bond donors (Lipinski definition) is 4. The number of carbonyl (C=O) groups is 2. The fourth-order valence-electron chi connectivity index (χ4n) is 1.88. The van der Waals surface area contributed by atoms with Crippen LogP contribution in [-0.2, 0) is 4.79 Å². The summed E-state index contributed by atoms with van der Waals surface area (Å²) in [5.41, 5.74) is -0.244. The third kappa shape index (κ3) is 3.86. The lowest BCUT2D eigenvalue weighted by Gasteiger charge is -2.18. The van der Waals surface area contributed by atoms with Gasteiger partial charge in [0.25, 0.3) is 0 Å². The summed E-state index contributed by atoms with van der Waals surface area (Å²) >= 11 is 0. The van der Waals surface area contributed by atoms with Gasteiger partial charge in [0.1, 0.15) is 5.82 Å². The van der Waals surface area contributed by atoms with Gasteiger partial charge in [-0.15, -0.1) is 0 Å². The number of amides is 2. The molecule has 2 rings (SSSR count). The molecule has 1 aromatic carbocycles. The van der Waals surface area contributed by atoms with E-state index in [0.29, 0.717) is 5.82 Å². The minimum Gasteiger partial charge on any atom is -0.479 e. The summed E-state index contributed by atoms with van der Waals surface area (Å²) in [4.78, 5) is 22.7. The Bertz CT molecular complexity index is 724. The van der Waals surface area contributed by atoms with Gasteiger partial charge in [-0.05, 0) is 25.5 Å². The molecule has 1 heterocycles. The van der Waals surface area contributed by atoms with Gasteiger partial charge in [-0.3, -0.25) is 5.32 Å². The Morgan fingerprint density at radius 1 is 1.30 bits per heavy atom. The van der Waals surface area contributed by atoms with Gasteiger partial charge >= 0.3 is 12.0 Å². The van der Waals surface area contributed by atoms with E-state index in [1.807, 2.05) is 31.2 Å². The smallest absolute Gasteiger partial charge is 0.337 e. The first-order valence-electron chi connectivity index (χ1n) is 6.92. The predicted octanol–water partition coefficient (Wildman–Crippen LogP) is 1.14. The monoisotopic (exact) mass is 318 g/mol. The van der Waals surface area contributed by atoms with Gasteiger partial charge < -0.3 is 15.5 Å². The third-order valence-corrected chi connectivity index (χ3v) is 3.28. The van der Waals surface area contributed by atoms with Crippen LogP contribution < -0.4 is 10.6 Å². The number of aryl methyl sites for hydroxylation is 1. The molecule has 2 amide bonds. The van der Waals surface area contributed by atoms with E-state index in [9.17, 15) is 14.7 Å². The molecule has 8 heteroatoms. The molecule has 0 radical (unpaired) electrons. The molecule has 4 N–H and O–H groups in total. The molecule has 0 spiro atoms.